The maximum Gasteiger partial charge on any atom is 0.0308 e. The van der Waals surface area contributed by atoms with E-state index in [4.69, 9.17) is 0 Å². The molecule has 1 N–H and O–H groups in total. The number of rotatable bonds is 7. The summed E-state index contributed by atoms with van der Waals surface area (Å²) in [7, 11) is 0. The molecule has 0 bridgehead atoms. The normalized spacial score (nSPS) is 26.7. The molecule has 0 aliphatic heterocycles. The molecule has 1 unspecified atom stereocenters. The van der Waals surface area contributed by atoms with E-state index in [9.17, 15) is 0 Å². The van der Waals surface area contributed by atoms with Gasteiger partial charge in [0, 0.05) is 11.6 Å². The highest BCUT2D eigenvalue weighted by Gasteiger charge is 2.39. The summed E-state index contributed by atoms with van der Waals surface area (Å²) < 4.78 is 0. The van der Waals surface area contributed by atoms with E-state index in [0.29, 0.717) is 6.04 Å². The van der Waals surface area contributed by atoms with Crippen LogP contribution in [0.4, 0.5) is 0 Å². The second-order valence-electron chi connectivity index (χ2n) is 6.88. The Bertz CT molecular complexity index is 238. The average Bonchev–Trinajstić information content (AvgIpc) is 2.38. The number of nitrogens with zero attached hydrogens (tertiary/aromatic N) is 1. The highest BCUT2D eigenvalue weighted by Crippen LogP contribution is 2.35. The minimum atomic E-state index is 0.255. The number of likely N-dealkylation sites (N-methyl/N-ethyl adjacent to an activating group) is 2. The summed E-state index contributed by atoms with van der Waals surface area (Å²) in [4.78, 5) is 2.62. The van der Waals surface area contributed by atoms with Crippen molar-refractivity contribution in [2.24, 2.45) is 11.8 Å². The first kappa shape index (κ1) is 17.0. The summed E-state index contributed by atoms with van der Waals surface area (Å²) in [5.74, 6) is 1.79. The molecule has 0 spiro atoms. The van der Waals surface area contributed by atoms with E-state index in [2.05, 4.69) is 51.8 Å². The molecule has 1 aliphatic carbocycles. The zero-order valence-electron chi connectivity index (χ0n) is 14.1. The Morgan fingerprint density at radius 1 is 1.05 bits per heavy atom. The van der Waals surface area contributed by atoms with Gasteiger partial charge in [0.2, 0.25) is 0 Å². The van der Waals surface area contributed by atoms with Crippen molar-refractivity contribution >= 4 is 0 Å². The molecule has 114 valence electrons. The van der Waals surface area contributed by atoms with Crippen LogP contribution in [0.15, 0.2) is 0 Å². The largest absolute Gasteiger partial charge is 0.312 e. The molecule has 1 aliphatic rings. The smallest absolute Gasteiger partial charge is 0.0308 e. The Balaban J connectivity index is 2.80. The third kappa shape index (κ3) is 4.19. The van der Waals surface area contributed by atoms with Crippen LogP contribution < -0.4 is 5.32 Å². The lowest BCUT2D eigenvalue weighted by Crippen LogP contribution is -2.60. The Kier molecular flexibility index (Phi) is 6.82. The molecule has 0 amide bonds. The van der Waals surface area contributed by atoms with Crippen LogP contribution in [0.5, 0.6) is 0 Å². The maximum absolute atomic E-state index is 3.81. The zero-order chi connectivity index (χ0) is 14.5. The van der Waals surface area contributed by atoms with Crippen LogP contribution in [0.2, 0.25) is 0 Å². The molecular weight excluding hydrogens is 232 g/mol. The SMILES string of the molecule is CCNC(C1CCC(C)CC1)C(C)(C)N(CC)CC. The van der Waals surface area contributed by atoms with E-state index in [1.54, 1.807) is 0 Å². The molecule has 1 saturated carbocycles. The van der Waals surface area contributed by atoms with Crippen molar-refractivity contribution in [3.8, 4) is 0 Å². The van der Waals surface area contributed by atoms with E-state index in [0.717, 1.165) is 31.5 Å². The summed E-state index contributed by atoms with van der Waals surface area (Å²) in [5.41, 5.74) is 0.255. The molecule has 0 aromatic heterocycles. The third-order valence-electron chi connectivity index (χ3n) is 5.30. The number of hydrogen-bond donors (Lipinski definition) is 1. The lowest BCUT2D eigenvalue weighted by molar-refractivity contribution is 0.0510. The van der Waals surface area contributed by atoms with E-state index < -0.39 is 0 Å². The van der Waals surface area contributed by atoms with Gasteiger partial charge in [0.05, 0.1) is 0 Å². The predicted molar refractivity (Wildman–Crippen MR) is 85.6 cm³/mol. The molecule has 19 heavy (non-hydrogen) atoms. The number of nitrogens with one attached hydrogen (secondary N) is 1. The van der Waals surface area contributed by atoms with Crippen LogP contribution in [-0.2, 0) is 0 Å². The van der Waals surface area contributed by atoms with Crippen LogP contribution in [0, 0.1) is 11.8 Å². The van der Waals surface area contributed by atoms with Gasteiger partial charge in [-0.15, -0.1) is 0 Å². The van der Waals surface area contributed by atoms with Crippen LogP contribution in [0.1, 0.15) is 67.2 Å². The quantitative estimate of drug-likeness (QED) is 0.753. The van der Waals surface area contributed by atoms with E-state index >= 15 is 0 Å². The molecule has 1 rings (SSSR count). The molecule has 2 nitrogen and oxygen atoms in total. The summed E-state index contributed by atoms with van der Waals surface area (Å²) in [6, 6.07) is 0.630. The minimum absolute atomic E-state index is 0.255. The molecule has 2 heteroatoms. The van der Waals surface area contributed by atoms with Gasteiger partial charge in [-0.2, -0.15) is 0 Å². The van der Waals surface area contributed by atoms with Gasteiger partial charge in [-0.25, -0.2) is 0 Å². The molecule has 1 atom stereocenters. The van der Waals surface area contributed by atoms with Gasteiger partial charge in [-0.3, -0.25) is 4.90 Å². The third-order valence-corrected chi connectivity index (χ3v) is 5.30. The Hall–Kier alpha value is -0.0800. The predicted octanol–water partition coefficient (Wildman–Crippen LogP) is 3.91. The minimum Gasteiger partial charge on any atom is -0.312 e. The zero-order valence-corrected chi connectivity index (χ0v) is 14.1. The Labute approximate surface area is 121 Å². The molecule has 0 aromatic rings. The van der Waals surface area contributed by atoms with Crippen LogP contribution in [0.25, 0.3) is 0 Å². The van der Waals surface area contributed by atoms with Gasteiger partial charge in [0.15, 0.2) is 0 Å². The van der Waals surface area contributed by atoms with Crippen molar-refractivity contribution in [2.45, 2.75) is 78.8 Å². The second-order valence-corrected chi connectivity index (χ2v) is 6.88. The highest BCUT2D eigenvalue weighted by molar-refractivity contribution is 4.97. The standard InChI is InChI=1S/C17H36N2/c1-7-18-16(15-12-10-14(4)11-13-15)17(5,6)19(8-2)9-3/h14-16,18H,7-13H2,1-6H3. The van der Waals surface area contributed by atoms with Gasteiger partial charge in [0.1, 0.15) is 0 Å². The monoisotopic (exact) mass is 268 g/mol. The fourth-order valence-corrected chi connectivity index (χ4v) is 4.07. The average molecular weight is 268 g/mol. The fraction of sp³-hybridized carbons (Fsp3) is 1.00. The first-order chi connectivity index (χ1) is 8.97. The van der Waals surface area contributed by atoms with Crippen molar-refractivity contribution in [3.63, 3.8) is 0 Å². The fourth-order valence-electron chi connectivity index (χ4n) is 4.07. The first-order valence-corrected chi connectivity index (χ1v) is 8.45. The van der Waals surface area contributed by atoms with Crippen LogP contribution in [-0.4, -0.2) is 36.1 Å². The van der Waals surface area contributed by atoms with Crippen molar-refractivity contribution in [1.82, 2.24) is 10.2 Å². The van der Waals surface area contributed by atoms with Crippen molar-refractivity contribution in [1.29, 1.82) is 0 Å². The molecule has 0 saturated heterocycles. The number of hydrogen-bond acceptors (Lipinski definition) is 2. The van der Waals surface area contributed by atoms with E-state index in [1.807, 2.05) is 0 Å². The topological polar surface area (TPSA) is 15.3 Å². The molecule has 1 fully saturated rings. The summed E-state index contributed by atoms with van der Waals surface area (Å²) in [6.07, 6.45) is 5.65. The van der Waals surface area contributed by atoms with Gasteiger partial charge in [-0.1, -0.05) is 40.5 Å². The summed E-state index contributed by atoms with van der Waals surface area (Å²) in [5, 5.41) is 3.81. The summed E-state index contributed by atoms with van der Waals surface area (Å²) >= 11 is 0. The molecule has 0 radical (unpaired) electrons. The van der Waals surface area contributed by atoms with Crippen LogP contribution >= 0.6 is 0 Å². The lowest BCUT2D eigenvalue weighted by atomic mass is 9.73. The maximum atomic E-state index is 3.81. The molecule has 0 aromatic carbocycles. The summed E-state index contributed by atoms with van der Waals surface area (Å²) in [6.45, 7) is 17.5. The highest BCUT2D eigenvalue weighted by atomic mass is 15.2. The lowest BCUT2D eigenvalue weighted by Gasteiger charge is -2.48. The van der Waals surface area contributed by atoms with Gasteiger partial charge in [-0.05, 0) is 58.2 Å². The first-order valence-electron chi connectivity index (χ1n) is 8.45. The Morgan fingerprint density at radius 3 is 2.00 bits per heavy atom. The van der Waals surface area contributed by atoms with Crippen molar-refractivity contribution in [3.05, 3.63) is 0 Å². The van der Waals surface area contributed by atoms with E-state index in [1.165, 1.54) is 25.7 Å². The Morgan fingerprint density at radius 2 is 1.58 bits per heavy atom. The second kappa shape index (κ2) is 7.64. The van der Waals surface area contributed by atoms with Crippen molar-refractivity contribution in [2.75, 3.05) is 19.6 Å². The van der Waals surface area contributed by atoms with Gasteiger partial charge >= 0.3 is 0 Å². The molecular formula is C17H36N2. The van der Waals surface area contributed by atoms with Gasteiger partial charge in [0.25, 0.3) is 0 Å². The van der Waals surface area contributed by atoms with Gasteiger partial charge < -0.3 is 5.32 Å². The van der Waals surface area contributed by atoms with E-state index in [-0.39, 0.29) is 5.54 Å². The van der Waals surface area contributed by atoms with Crippen LogP contribution in [0.3, 0.4) is 0 Å². The molecule has 0 heterocycles. The van der Waals surface area contributed by atoms with Crippen molar-refractivity contribution < 1.29 is 0 Å².